The third kappa shape index (κ3) is 3.66. The molecule has 0 radical (unpaired) electrons. The number of benzene rings is 1. The van der Waals surface area contributed by atoms with Crippen molar-refractivity contribution in [2.24, 2.45) is 11.3 Å². The van der Waals surface area contributed by atoms with E-state index >= 15 is 0 Å². The number of anilines is 1. The summed E-state index contributed by atoms with van der Waals surface area (Å²) in [7, 11) is 0. The second-order valence-corrected chi connectivity index (χ2v) is 7.43. The first-order chi connectivity index (χ1) is 10.9. The van der Waals surface area contributed by atoms with Gasteiger partial charge in [0.2, 0.25) is 0 Å². The minimum Gasteiger partial charge on any atom is -0.492 e. The zero-order chi connectivity index (χ0) is 16.4. The summed E-state index contributed by atoms with van der Waals surface area (Å²) in [6, 6.07) is 7.47. The van der Waals surface area contributed by atoms with Crippen molar-refractivity contribution in [2.45, 2.75) is 46.6 Å². The van der Waals surface area contributed by atoms with Crippen LogP contribution in [0, 0.1) is 11.3 Å². The van der Waals surface area contributed by atoms with Crippen molar-refractivity contribution in [1.82, 2.24) is 15.0 Å². The van der Waals surface area contributed by atoms with Gasteiger partial charge in [0.05, 0.1) is 17.9 Å². The van der Waals surface area contributed by atoms with Crippen molar-refractivity contribution in [2.75, 3.05) is 12.3 Å². The Bertz CT molecular complexity index is 655. The Labute approximate surface area is 137 Å². The number of hydrogen-bond donors (Lipinski definition) is 1. The van der Waals surface area contributed by atoms with E-state index in [-0.39, 0.29) is 0 Å². The van der Waals surface area contributed by atoms with Gasteiger partial charge in [-0.3, -0.25) is 0 Å². The van der Waals surface area contributed by atoms with Crippen molar-refractivity contribution >= 4 is 5.69 Å². The Morgan fingerprint density at radius 2 is 2.00 bits per heavy atom. The van der Waals surface area contributed by atoms with Gasteiger partial charge in [0.1, 0.15) is 12.4 Å². The van der Waals surface area contributed by atoms with Gasteiger partial charge in [-0.25, -0.2) is 4.68 Å². The molecule has 0 amide bonds. The highest BCUT2D eigenvalue weighted by Gasteiger charge is 2.31. The molecule has 124 valence electrons. The fourth-order valence-corrected chi connectivity index (χ4v) is 3.18. The zero-order valence-corrected chi connectivity index (χ0v) is 14.2. The quantitative estimate of drug-likeness (QED) is 0.881. The van der Waals surface area contributed by atoms with Crippen LogP contribution in [0.25, 0.3) is 0 Å². The predicted molar refractivity (Wildman–Crippen MR) is 91.3 cm³/mol. The molecule has 0 bridgehead atoms. The minimum absolute atomic E-state index is 0.333. The number of nitrogen functional groups attached to an aromatic ring is 1. The van der Waals surface area contributed by atoms with Gasteiger partial charge in [-0.2, -0.15) is 0 Å². The monoisotopic (exact) mass is 314 g/mol. The van der Waals surface area contributed by atoms with Gasteiger partial charge in [-0.15, -0.1) is 5.10 Å². The molecule has 5 heteroatoms. The smallest absolute Gasteiger partial charge is 0.119 e. The van der Waals surface area contributed by atoms with Gasteiger partial charge < -0.3 is 10.5 Å². The fraction of sp³-hybridized carbons (Fsp3) is 0.556. The van der Waals surface area contributed by atoms with Crippen molar-refractivity contribution in [1.29, 1.82) is 0 Å². The number of aromatic nitrogens is 3. The first-order valence-corrected chi connectivity index (χ1v) is 8.33. The number of nitrogens with zero attached hydrogens (tertiary/aromatic N) is 3. The molecule has 3 rings (SSSR count). The lowest BCUT2D eigenvalue weighted by molar-refractivity contribution is 0.212. The molecular formula is C18H26N4O. The molecule has 2 N–H and O–H groups in total. The molecule has 0 saturated heterocycles. The maximum absolute atomic E-state index is 5.76. The average Bonchev–Trinajstić information content (AvgIpc) is 2.91. The molecule has 1 aromatic carbocycles. The van der Waals surface area contributed by atoms with Gasteiger partial charge in [0, 0.05) is 5.69 Å². The Morgan fingerprint density at radius 1 is 1.26 bits per heavy atom. The Morgan fingerprint density at radius 3 is 2.70 bits per heavy atom. The summed E-state index contributed by atoms with van der Waals surface area (Å²) in [5.41, 5.74) is 9.21. The molecule has 1 unspecified atom stereocenters. The van der Waals surface area contributed by atoms with E-state index in [1.54, 1.807) is 0 Å². The van der Waals surface area contributed by atoms with Crippen LogP contribution < -0.4 is 10.5 Å². The number of hydrogen-bond acceptors (Lipinski definition) is 4. The lowest BCUT2D eigenvalue weighted by Gasteiger charge is -2.33. The largest absolute Gasteiger partial charge is 0.492 e. The number of fused-ring (bicyclic) bond motifs is 1. The van der Waals surface area contributed by atoms with Crippen LogP contribution in [0.1, 0.15) is 38.6 Å². The van der Waals surface area contributed by atoms with E-state index in [4.69, 9.17) is 10.5 Å². The topological polar surface area (TPSA) is 66.0 Å². The Kier molecular flexibility index (Phi) is 4.28. The van der Waals surface area contributed by atoms with Crippen LogP contribution in [0.4, 0.5) is 5.69 Å². The van der Waals surface area contributed by atoms with Crippen LogP contribution in [0.3, 0.4) is 0 Å². The summed E-state index contributed by atoms with van der Waals surface area (Å²) in [6.45, 7) is 8.25. The maximum Gasteiger partial charge on any atom is 0.119 e. The lowest BCUT2D eigenvalue weighted by Crippen LogP contribution is -2.27. The highest BCUT2D eigenvalue weighted by atomic mass is 16.5. The molecule has 2 aromatic rings. The van der Waals surface area contributed by atoms with Crippen LogP contribution in [-0.2, 0) is 19.4 Å². The molecule has 1 aromatic heterocycles. The molecule has 0 fully saturated rings. The molecule has 0 saturated carbocycles. The van der Waals surface area contributed by atoms with Crippen molar-refractivity contribution in [3.8, 4) is 5.75 Å². The molecule has 1 heterocycles. The third-order valence-electron chi connectivity index (χ3n) is 4.76. The van der Waals surface area contributed by atoms with Gasteiger partial charge in [0.15, 0.2) is 0 Å². The number of rotatable bonds is 4. The summed E-state index contributed by atoms with van der Waals surface area (Å²) < 4.78 is 7.76. The first-order valence-electron chi connectivity index (χ1n) is 8.33. The molecule has 23 heavy (non-hydrogen) atoms. The second-order valence-electron chi connectivity index (χ2n) is 7.43. The van der Waals surface area contributed by atoms with Gasteiger partial charge in [-0.05, 0) is 54.9 Å². The summed E-state index contributed by atoms with van der Waals surface area (Å²) in [4.78, 5) is 0. The third-order valence-corrected chi connectivity index (χ3v) is 4.76. The van der Waals surface area contributed by atoms with E-state index in [2.05, 4.69) is 31.1 Å². The van der Waals surface area contributed by atoms with E-state index in [0.29, 0.717) is 17.9 Å². The molecular weight excluding hydrogens is 288 g/mol. The van der Waals surface area contributed by atoms with Crippen LogP contribution in [-0.4, -0.2) is 21.6 Å². The van der Waals surface area contributed by atoms with E-state index in [9.17, 15) is 0 Å². The Balaban J connectivity index is 1.58. The van der Waals surface area contributed by atoms with E-state index in [1.807, 2.05) is 28.9 Å². The number of ether oxygens (including phenoxy) is 1. The summed E-state index contributed by atoms with van der Waals surface area (Å²) in [6.07, 6.45) is 3.31. The van der Waals surface area contributed by atoms with Crippen LogP contribution in [0.5, 0.6) is 5.75 Å². The first kappa shape index (κ1) is 15.8. The summed E-state index contributed by atoms with van der Waals surface area (Å²) in [5, 5.41) is 8.72. The molecule has 1 aliphatic carbocycles. The number of nitrogens with two attached hydrogens (primary N) is 1. The van der Waals surface area contributed by atoms with E-state index in [1.165, 1.54) is 17.8 Å². The normalized spacial score (nSPS) is 17.8. The fourth-order valence-electron chi connectivity index (χ4n) is 3.18. The molecule has 0 spiro atoms. The maximum atomic E-state index is 5.76. The van der Waals surface area contributed by atoms with Crippen molar-refractivity contribution < 1.29 is 4.74 Å². The van der Waals surface area contributed by atoms with E-state index < -0.39 is 0 Å². The van der Waals surface area contributed by atoms with Gasteiger partial charge in [-0.1, -0.05) is 26.0 Å². The molecule has 1 atom stereocenters. The molecule has 5 nitrogen and oxygen atoms in total. The Hall–Kier alpha value is -2.04. The summed E-state index contributed by atoms with van der Waals surface area (Å²) in [5.74, 6) is 1.52. The predicted octanol–water partition coefficient (Wildman–Crippen LogP) is 3.09. The van der Waals surface area contributed by atoms with Crippen LogP contribution in [0.15, 0.2) is 24.3 Å². The SMILES string of the molecule is CC(C)(C)C1CCc2c(nnn2CCOc2ccc(N)cc2)C1. The average molecular weight is 314 g/mol. The minimum atomic E-state index is 0.333. The molecule has 1 aliphatic rings. The van der Waals surface area contributed by atoms with Crippen molar-refractivity contribution in [3.05, 3.63) is 35.7 Å². The van der Waals surface area contributed by atoms with Crippen LogP contribution >= 0.6 is 0 Å². The second kappa shape index (κ2) is 6.22. The van der Waals surface area contributed by atoms with Crippen molar-refractivity contribution in [3.63, 3.8) is 0 Å². The molecule has 0 aliphatic heterocycles. The van der Waals surface area contributed by atoms with Gasteiger partial charge in [0.25, 0.3) is 0 Å². The summed E-state index contributed by atoms with van der Waals surface area (Å²) >= 11 is 0. The van der Waals surface area contributed by atoms with E-state index in [0.717, 1.165) is 30.8 Å². The standard InChI is InChI=1S/C18H26N4O/c1-18(2,3)13-4-9-17-16(12-13)20-21-22(17)10-11-23-15-7-5-14(19)6-8-15/h5-8,13H,4,9-12,19H2,1-3H3. The highest BCUT2D eigenvalue weighted by Crippen LogP contribution is 2.36. The van der Waals surface area contributed by atoms with Crippen LogP contribution in [0.2, 0.25) is 0 Å². The lowest BCUT2D eigenvalue weighted by atomic mass is 9.73. The van der Waals surface area contributed by atoms with Gasteiger partial charge >= 0.3 is 0 Å². The zero-order valence-electron chi connectivity index (χ0n) is 14.2. The highest BCUT2D eigenvalue weighted by molar-refractivity contribution is 5.41.